The van der Waals surface area contributed by atoms with Gasteiger partial charge in [-0.2, -0.15) is 13.2 Å². The van der Waals surface area contributed by atoms with Crippen molar-refractivity contribution in [2.75, 3.05) is 11.1 Å². The first kappa shape index (κ1) is 12.3. The van der Waals surface area contributed by atoms with Crippen LogP contribution in [0.1, 0.15) is 6.42 Å². The summed E-state index contributed by atoms with van der Waals surface area (Å²) in [5, 5.41) is 1.78. The van der Waals surface area contributed by atoms with E-state index in [0.717, 1.165) is 6.07 Å². The van der Waals surface area contributed by atoms with Crippen molar-refractivity contribution in [2.24, 2.45) is 0 Å². The van der Waals surface area contributed by atoms with Crippen LogP contribution in [-0.2, 0) is 4.79 Å². The van der Waals surface area contributed by atoms with Crippen LogP contribution in [0.2, 0.25) is 0 Å². The Morgan fingerprint density at radius 3 is 2.50 bits per heavy atom. The molecule has 0 aliphatic heterocycles. The van der Waals surface area contributed by atoms with Crippen molar-refractivity contribution in [1.82, 2.24) is 0 Å². The standard InChI is InChI=1S/C9H8F4N2O/c10-5-2-1-3-6(14)8(5)15-7(16)4-9(11,12)13/h1-3H,4,14H2,(H,15,16). The maximum Gasteiger partial charge on any atom is 0.397 e. The molecular formula is C9H8F4N2O. The fraction of sp³-hybridized carbons (Fsp3) is 0.222. The van der Waals surface area contributed by atoms with Gasteiger partial charge in [0.2, 0.25) is 5.91 Å². The summed E-state index contributed by atoms with van der Waals surface area (Å²) in [6.07, 6.45) is -6.31. The average Bonchev–Trinajstić information content (AvgIpc) is 2.08. The molecule has 0 saturated carbocycles. The number of nitrogens with one attached hydrogen (secondary N) is 1. The largest absolute Gasteiger partial charge is 0.397 e. The summed E-state index contributed by atoms with van der Waals surface area (Å²) in [5.41, 5.74) is 4.73. The molecule has 0 aliphatic rings. The Labute approximate surface area is 88.2 Å². The van der Waals surface area contributed by atoms with E-state index in [1.54, 1.807) is 5.32 Å². The highest BCUT2D eigenvalue weighted by molar-refractivity contribution is 5.94. The highest BCUT2D eigenvalue weighted by atomic mass is 19.4. The maximum atomic E-state index is 13.1. The lowest BCUT2D eigenvalue weighted by Gasteiger charge is -2.10. The summed E-state index contributed by atoms with van der Waals surface area (Å²) in [5.74, 6) is -2.24. The number of carbonyl (C=O) groups excluding carboxylic acids is 1. The van der Waals surface area contributed by atoms with E-state index in [1.807, 2.05) is 0 Å². The molecule has 0 bridgehead atoms. The second-order valence-corrected chi connectivity index (χ2v) is 3.04. The molecule has 0 aliphatic carbocycles. The van der Waals surface area contributed by atoms with Gasteiger partial charge in [0.15, 0.2) is 0 Å². The molecule has 1 amide bonds. The predicted molar refractivity (Wildman–Crippen MR) is 50.1 cm³/mol. The van der Waals surface area contributed by atoms with Crippen molar-refractivity contribution < 1.29 is 22.4 Å². The molecule has 0 fully saturated rings. The van der Waals surface area contributed by atoms with Crippen LogP contribution >= 0.6 is 0 Å². The molecule has 0 spiro atoms. The summed E-state index contributed by atoms with van der Waals surface area (Å²) in [6.45, 7) is 0. The van der Waals surface area contributed by atoms with Crippen LogP contribution in [-0.4, -0.2) is 12.1 Å². The van der Waals surface area contributed by atoms with Crippen molar-refractivity contribution in [3.63, 3.8) is 0 Å². The van der Waals surface area contributed by atoms with Crippen LogP contribution in [0.3, 0.4) is 0 Å². The van der Waals surface area contributed by atoms with Crippen molar-refractivity contribution in [3.8, 4) is 0 Å². The minimum Gasteiger partial charge on any atom is -0.397 e. The molecule has 7 heteroatoms. The van der Waals surface area contributed by atoms with E-state index in [1.165, 1.54) is 12.1 Å². The van der Waals surface area contributed by atoms with Gasteiger partial charge in [-0.05, 0) is 12.1 Å². The molecule has 16 heavy (non-hydrogen) atoms. The molecule has 0 unspecified atom stereocenters. The number of para-hydroxylation sites is 1. The van der Waals surface area contributed by atoms with Gasteiger partial charge in [0.05, 0.1) is 5.69 Å². The van der Waals surface area contributed by atoms with E-state index in [4.69, 9.17) is 5.73 Å². The van der Waals surface area contributed by atoms with Gasteiger partial charge < -0.3 is 11.1 Å². The number of benzene rings is 1. The van der Waals surface area contributed by atoms with Gasteiger partial charge in [0, 0.05) is 0 Å². The van der Waals surface area contributed by atoms with E-state index in [0.29, 0.717) is 0 Å². The monoisotopic (exact) mass is 236 g/mol. The van der Waals surface area contributed by atoms with Gasteiger partial charge in [0.25, 0.3) is 0 Å². The Hall–Kier alpha value is -1.79. The molecule has 0 heterocycles. The van der Waals surface area contributed by atoms with E-state index in [9.17, 15) is 22.4 Å². The number of carbonyl (C=O) groups is 1. The minimum atomic E-state index is -4.63. The van der Waals surface area contributed by atoms with Crippen LogP contribution in [0.15, 0.2) is 18.2 Å². The number of hydrogen-bond donors (Lipinski definition) is 2. The molecular weight excluding hydrogens is 228 g/mol. The molecule has 0 radical (unpaired) electrons. The SMILES string of the molecule is Nc1cccc(F)c1NC(=O)CC(F)(F)F. The van der Waals surface area contributed by atoms with Crippen molar-refractivity contribution in [1.29, 1.82) is 0 Å². The van der Waals surface area contributed by atoms with Crippen LogP contribution in [0.5, 0.6) is 0 Å². The number of nitrogen functional groups attached to an aromatic ring is 1. The third kappa shape index (κ3) is 3.41. The molecule has 0 atom stereocenters. The Balaban J connectivity index is 2.78. The van der Waals surface area contributed by atoms with Crippen molar-refractivity contribution in [3.05, 3.63) is 24.0 Å². The third-order valence-electron chi connectivity index (χ3n) is 1.67. The summed E-state index contributed by atoms with van der Waals surface area (Å²) >= 11 is 0. The average molecular weight is 236 g/mol. The van der Waals surface area contributed by atoms with E-state index < -0.39 is 30.0 Å². The lowest BCUT2D eigenvalue weighted by molar-refractivity contribution is -0.150. The fourth-order valence-electron chi connectivity index (χ4n) is 1.04. The van der Waals surface area contributed by atoms with E-state index >= 15 is 0 Å². The Morgan fingerprint density at radius 1 is 1.38 bits per heavy atom. The molecule has 3 nitrogen and oxygen atoms in total. The van der Waals surface area contributed by atoms with Gasteiger partial charge in [-0.1, -0.05) is 6.07 Å². The van der Waals surface area contributed by atoms with Crippen LogP contribution in [0.25, 0.3) is 0 Å². The fourth-order valence-corrected chi connectivity index (χ4v) is 1.04. The molecule has 1 aromatic rings. The van der Waals surface area contributed by atoms with Crippen molar-refractivity contribution >= 4 is 17.3 Å². The van der Waals surface area contributed by atoms with Gasteiger partial charge >= 0.3 is 6.18 Å². The summed E-state index contributed by atoms with van der Waals surface area (Å²) in [6, 6.07) is 3.54. The van der Waals surface area contributed by atoms with Crippen LogP contribution in [0, 0.1) is 5.82 Å². The van der Waals surface area contributed by atoms with Gasteiger partial charge in [-0.25, -0.2) is 4.39 Å². The van der Waals surface area contributed by atoms with E-state index in [-0.39, 0.29) is 5.69 Å². The number of anilines is 2. The number of alkyl halides is 3. The molecule has 88 valence electrons. The smallest absolute Gasteiger partial charge is 0.397 e. The minimum absolute atomic E-state index is 0.129. The second-order valence-electron chi connectivity index (χ2n) is 3.04. The first-order valence-electron chi connectivity index (χ1n) is 4.20. The van der Waals surface area contributed by atoms with Gasteiger partial charge in [-0.15, -0.1) is 0 Å². The van der Waals surface area contributed by atoms with Crippen LogP contribution < -0.4 is 11.1 Å². The normalized spacial score (nSPS) is 11.2. The first-order chi connectivity index (χ1) is 7.29. The Bertz CT molecular complexity index is 383. The third-order valence-corrected chi connectivity index (χ3v) is 1.67. The van der Waals surface area contributed by atoms with Crippen LogP contribution in [0.4, 0.5) is 28.9 Å². The summed E-state index contributed by atoms with van der Waals surface area (Å²) in [7, 11) is 0. The van der Waals surface area contributed by atoms with Gasteiger partial charge in [-0.3, -0.25) is 4.79 Å². The van der Waals surface area contributed by atoms with E-state index in [2.05, 4.69) is 0 Å². The summed E-state index contributed by atoms with van der Waals surface area (Å²) in [4.78, 5) is 10.9. The molecule has 0 saturated heterocycles. The Kier molecular flexibility index (Phi) is 3.36. The molecule has 3 N–H and O–H groups in total. The molecule has 1 rings (SSSR count). The zero-order valence-corrected chi connectivity index (χ0v) is 7.94. The first-order valence-corrected chi connectivity index (χ1v) is 4.20. The maximum absolute atomic E-state index is 13.1. The number of rotatable bonds is 2. The number of hydrogen-bond acceptors (Lipinski definition) is 2. The second kappa shape index (κ2) is 4.38. The number of halogens is 4. The molecule has 1 aromatic carbocycles. The topological polar surface area (TPSA) is 55.1 Å². The number of nitrogens with two attached hydrogens (primary N) is 1. The zero-order chi connectivity index (χ0) is 12.3. The lowest BCUT2D eigenvalue weighted by Crippen LogP contribution is -2.22. The zero-order valence-electron chi connectivity index (χ0n) is 7.94. The molecule has 0 aromatic heterocycles. The predicted octanol–water partition coefficient (Wildman–Crippen LogP) is 2.30. The van der Waals surface area contributed by atoms with Crippen molar-refractivity contribution in [2.45, 2.75) is 12.6 Å². The highest BCUT2D eigenvalue weighted by Gasteiger charge is 2.31. The lowest BCUT2D eigenvalue weighted by atomic mass is 10.2. The quantitative estimate of drug-likeness (QED) is 0.611. The highest BCUT2D eigenvalue weighted by Crippen LogP contribution is 2.24. The Morgan fingerprint density at radius 2 is 2.00 bits per heavy atom. The van der Waals surface area contributed by atoms with Gasteiger partial charge in [0.1, 0.15) is 17.9 Å². The number of amides is 1. The summed E-state index contributed by atoms with van der Waals surface area (Å²) < 4.78 is 48.5.